The topological polar surface area (TPSA) is 101 Å². The Kier molecular flexibility index (Phi) is 8.16. The highest BCUT2D eigenvalue weighted by molar-refractivity contribution is 6.30. The number of carbonyl (C=O) groups excluding carboxylic acids is 2. The first kappa shape index (κ1) is 21.6. The number of pyridine rings is 1. The molecule has 0 fully saturated rings. The van der Waals surface area contributed by atoms with Crippen LogP contribution in [0.1, 0.15) is 22.5 Å². The normalized spacial score (nSPS) is 11.6. The van der Waals surface area contributed by atoms with Crippen molar-refractivity contribution in [3.63, 3.8) is 0 Å². The Balaban J connectivity index is 1.62. The van der Waals surface area contributed by atoms with Crippen LogP contribution >= 0.6 is 11.6 Å². The molecule has 0 spiro atoms. The Morgan fingerprint density at radius 1 is 1.29 bits per heavy atom. The average molecular weight is 410 g/mol. The van der Waals surface area contributed by atoms with Crippen LogP contribution in [0.3, 0.4) is 0 Å². The Labute approximate surface area is 166 Å². The molecular formula is C19H21ClFN3O4. The Bertz CT molecular complexity index is 817. The summed E-state index contributed by atoms with van der Waals surface area (Å²) in [6.07, 6.45) is 0.991. The summed E-state index contributed by atoms with van der Waals surface area (Å²) in [6.45, 7) is 1.79. The predicted octanol–water partition coefficient (Wildman–Crippen LogP) is 1.86. The van der Waals surface area contributed by atoms with Gasteiger partial charge in [-0.3, -0.25) is 14.6 Å². The van der Waals surface area contributed by atoms with Crippen LogP contribution in [0.4, 0.5) is 4.39 Å². The van der Waals surface area contributed by atoms with Crippen molar-refractivity contribution in [3.05, 3.63) is 58.6 Å². The summed E-state index contributed by atoms with van der Waals surface area (Å²) in [5.41, 5.74) is 1.21. The van der Waals surface area contributed by atoms with E-state index in [2.05, 4.69) is 15.6 Å². The van der Waals surface area contributed by atoms with E-state index in [9.17, 15) is 19.1 Å². The Hall–Kier alpha value is -2.71. The van der Waals surface area contributed by atoms with Gasteiger partial charge >= 0.3 is 0 Å². The zero-order chi connectivity index (χ0) is 20.5. The van der Waals surface area contributed by atoms with Crippen molar-refractivity contribution in [1.82, 2.24) is 15.6 Å². The summed E-state index contributed by atoms with van der Waals surface area (Å²) in [5, 5.41) is 15.0. The van der Waals surface area contributed by atoms with E-state index in [0.717, 1.165) is 11.6 Å². The molecule has 28 heavy (non-hydrogen) atoms. The second-order valence-corrected chi connectivity index (χ2v) is 6.50. The lowest BCUT2D eigenvalue weighted by atomic mass is 10.2. The molecule has 1 aromatic carbocycles. The second kappa shape index (κ2) is 10.6. The third kappa shape index (κ3) is 7.13. The molecule has 1 aromatic heterocycles. The summed E-state index contributed by atoms with van der Waals surface area (Å²) in [4.78, 5) is 27.6. The molecule has 150 valence electrons. The van der Waals surface area contributed by atoms with Crippen molar-refractivity contribution in [2.75, 3.05) is 19.7 Å². The number of aryl methyl sites for hydroxylation is 1. The highest BCUT2D eigenvalue weighted by atomic mass is 35.5. The molecule has 1 atom stereocenters. The van der Waals surface area contributed by atoms with Crippen molar-refractivity contribution in [2.24, 2.45) is 0 Å². The highest BCUT2D eigenvalue weighted by Crippen LogP contribution is 2.20. The highest BCUT2D eigenvalue weighted by Gasteiger charge is 2.11. The zero-order valence-electron chi connectivity index (χ0n) is 15.2. The summed E-state index contributed by atoms with van der Waals surface area (Å²) in [7, 11) is 0. The summed E-state index contributed by atoms with van der Waals surface area (Å²) >= 11 is 5.56. The lowest BCUT2D eigenvalue weighted by Gasteiger charge is -2.13. The van der Waals surface area contributed by atoms with Crippen LogP contribution in [0.5, 0.6) is 5.75 Å². The van der Waals surface area contributed by atoms with Crippen molar-refractivity contribution in [2.45, 2.75) is 19.4 Å². The lowest BCUT2D eigenvalue weighted by Crippen LogP contribution is -2.36. The van der Waals surface area contributed by atoms with Crippen LogP contribution in [-0.2, 0) is 4.79 Å². The van der Waals surface area contributed by atoms with Gasteiger partial charge in [-0.15, -0.1) is 0 Å². The van der Waals surface area contributed by atoms with Gasteiger partial charge in [0.05, 0.1) is 11.1 Å². The van der Waals surface area contributed by atoms with Crippen molar-refractivity contribution < 1.29 is 23.8 Å². The van der Waals surface area contributed by atoms with Crippen LogP contribution in [0.25, 0.3) is 0 Å². The molecule has 2 rings (SSSR count). The molecule has 0 aliphatic rings. The van der Waals surface area contributed by atoms with Crippen molar-refractivity contribution >= 4 is 23.4 Å². The van der Waals surface area contributed by atoms with E-state index in [1.807, 2.05) is 6.92 Å². The van der Waals surface area contributed by atoms with Gasteiger partial charge in [-0.25, -0.2) is 4.39 Å². The molecule has 2 aromatic rings. The Morgan fingerprint density at radius 3 is 2.75 bits per heavy atom. The summed E-state index contributed by atoms with van der Waals surface area (Å²) in [5.74, 6) is -1.25. The maximum Gasteiger partial charge on any atom is 0.269 e. The predicted molar refractivity (Wildman–Crippen MR) is 102 cm³/mol. The van der Waals surface area contributed by atoms with E-state index < -0.39 is 17.8 Å². The van der Waals surface area contributed by atoms with E-state index in [1.54, 1.807) is 18.3 Å². The molecule has 9 heteroatoms. The number of hydrogen-bond acceptors (Lipinski definition) is 5. The van der Waals surface area contributed by atoms with Gasteiger partial charge in [-0.2, -0.15) is 0 Å². The largest absolute Gasteiger partial charge is 0.484 e. The quantitative estimate of drug-likeness (QED) is 0.587. The van der Waals surface area contributed by atoms with E-state index >= 15 is 0 Å². The van der Waals surface area contributed by atoms with Gasteiger partial charge < -0.3 is 20.5 Å². The first-order chi connectivity index (χ1) is 13.3. The molecule has 0 saturated carbocycles. The molecule has 0 aliphatic heterocycles. The molecule has 1 heterocycles. The first-order valence-electron chi connectivity index (χ1n) is 8.58. The van der Waals surface area contributed by atoms with Crippen molar-refractivity contribution in [3.8, 4) is 5.75 Å². The van der Waals surface area contributed by atoms with Gasteiger partial charge in [-0.05, 0) is 37.1 Å². The number of carbonyl (C=O) groups is 2. The molecule has 1 unspecified atom stereocenters. The molecule has 0 radical (unpaired) electrons. The standard InChI is InChI=1S/C19H21ClFN3O4/c1-12-2-5-17(23-9-12)19(27)24-10-13(25)6-7-22-18(26)11-28-14-3-4-15(20)16(21)8-14/h2-5,8-9,13,25H,6-7,10-11H2,1H3,(H,22,26)(H,24,27). The number of amides is 2. The fraction of sp³-hybridized carbons (Fsp3) is 0.316. The van der Waals surface area contributed by atoms with Crippen LogP contribution < -0.4 is 15.4 Å². The van der Waals surface area contributed by atoms with E-state index in [-0.39, 0.29) is 48.5 Å². The number of nitrogens with zero attached hydrogens (tertiary/aromatic N) is 1. The van der Waals surface area contributed by atoms with E-state index in [4.69, 9.17) is 16.3 Å². The molecule has 0 saturated heterocycles. The third-order valence-corrected chi connectivity index (χ3v) is 4.01. The van der Waals surface area contributed by atoms with Crippen LogP contribution in [0, 0.1) is 12.7 Å². The molecule has 0 aliphatic carbocycles. The maximum atomic E-state index is 13.3. The van der Waals surface area contributed by atoms with Gasteiger partial charge in [-0.1, -0.05) is 17.7 Å². The average Bonchev–Trinajstić information content (AvgIpc) is 2.67. The van der Waals surface area contributed by atoms with Crippen LogP contribution in [0.15, 0.2) is 36.5 Å². The van der Waals surface area contributed by atoms with Gasteiger partial charge in [0.2, 0.25) is 0 Å². The number of aromatic nitrogens is 1. The number of hydrogen-bond donors (Lipinski definition) is 3. The number of rotatable bonds is 9. The van der Waals surface area contributed by atoms with Gasteiger partial charge in [0.15, 0.2) is 6.61 Å². The Morgan fingerprint density at radius 2 is 2.07 bits per heavy atom. The van der Waals surface area contributed by atoms with E-state index in [1.165, 1.54) is 12.1 Å². The molecule has 3 N–H and O–H groups in total. The summed E-state index contributed by atoms with van der Waals surface area (Å²) in [6, 6.07) is 7.25. The summed E-state index contributed by atoms with van der Waals surface area (Å²) < 4.78 is 18.4. The molecule has 0 bridgehead atoms. The number of ether oxygens (including phenoxy) is 1. The lowest BCUT2D eigenvalue weighted by molar-refractivity contribution is -0.123. The SMILES string of the molecule is Cc1ccc(C(=O)NCC(O)CCNC(=O)COc2ccc(Cl)c(F)c2)nc1. The van der Waals surface area contributed by atoms with Gasteiger partial charge in [0.25, 0.3) is 11.8 Å². The minimum atomic E-state index is -0.832. The molecule has 2 amide bonds. The van der Waals surface area contributed by atoms with E-state index in [0.29, 0.717) is 0 Å². The first-order valence-corrected chi connectivity index (χ1v) is 8.96. The third-order valence-electron chi connectivity index (χ3n) is 3.70. The number of halogens is 2. The zero-order valence-corrected chi connectivity index (χ0v) is 16.0. The van der Waals surface area contributed by atoms with Gasteiger partial charge in [0.1, 0.15) is 17.3 Å². The molecular weight excluding hydrogens is 389 g/mol. The number of aliphatic hydroxyl groups excluding tert-OH is 1. The fourth-order valence-electron chi connectivity index (χ4n) is 2.15. The van der Waals surface area contributed by atoms with Crippen LogP contribution in [-0.4, -0.2) is 47.7 Å². The van der Waals surface area contributed by atoms with Crippen molar-refractivity contribution in [1.29, 1.82) is 0 Å². The minimum absolute atomic E-state index is 0.0314. The number of benzene rings is 1. The minimum Gasteiger partial charge on any atom is -0.484 e. The smallest absolute Gasteiger partial charge is 0.269 e. The number of aliphatic hydroxyl groups is 1. The second-order valence-electron chi connectivity index (χ2n) is 6.09. The monoisotopic (exact) mass is 409 g/mol. The number of nitrogens with one attached hydrogen (secondary N) is 2. The fourth-order valence-corrected chi connectivity index (χ4v) is 2.27. The van der Waals surface area contributed by atoms with Gasteiger partial charge in [0, 0.05) is 25.4 Å². The molecule has 7 nitrogen and oxygen atoms in total. The van der Waals surface area contributed by atoms with Crippen LogP contribution in [0.2, 0.25) is 5.02 Å². The maximum absolute atomic E-state index is 13.3.